The Morgan fingerprint density at radius 1 is 1.36 bits per heavy atom. The molecule has 1 saturated heterocycles. The molecule has 0 bridgehead atoms. The summed E-state index contributed by atoms with van der Waals surface area (Å²) in [5.74, 6) is 0.177. The van der Waals surface area contributed by atoms with Crippen LogP contribution < -0.4 is 0 Å². The van der Waals surface area contributed by atoms with Crippen LogP contribution in [-0.2, 0) is 11.3 Å². The van der Waals surface area contributed by atoms with E-state index in [0.717, 1.165) is 18.7 Å². The van der Waals surface area contributed by atoms with Gasteiger partial charge in [-0.2, -0.15) is 0 Å². The minimum Gasteiger partial charge on any atom is -0.330 e. The van der Waals surface area contributed by atoms with Crippen LogP contribution in [0.1, 0.15) is 12.5 Å². The number of hydrogen-bond donors (Lipinski definition) is 0. The summed E-state index contributed by atoms with van der Waals surface area (Å²) in [6, 6.07) is 10.1. The van der Waals surface area contributed by atoms with Crippen molar-refractivity contribution in [1.29, 1.82) is 0 Å². The SMILES string of the molecule is CC=C1CN(Cc2ccccc2)C1=O. The number of hydrogen-bond acceptors (Lipinski definition) is 1. The summed E-state index contributed by atoms with van der Waals surface area (Å²) >= 11 is 0. The Bertz CT molecular complexity index is 367. The van der Waals surface area contributed by atoms with E-state index in [0.29, 0.717) is 0 Å². The summed E-state index contributed by atoms with van der Waals surface area (Å²) in [5, 5.41) is 0. The first-order valence-corrected chi connectivity index (χ1v) is 4.79. The van der Waals surface area contributed by atoms with Crippen molar-refractivity contribution in [1.82, 2.24) is 4.90 Å². The molecule has 0 aromatic heterocycles. The van der Waals surface area contributed by atoms with Crippen molar-refractivity contribution < 1.29 is 4.79 Å². The largest absolute Gasteiger partial charge is 0.330 e. The average Bonchev–Trinajstić information content (AvgIpc) is 2.24. The number of carbonyl (C=O) groups is 1. The molecular weight excluding hydrogens is 174 g/mol. The molecule has 1 amide bonds. The molecule has 0 radical (unpaired) electrons. The van der Waals surface area contributed by atoms with Gasteiger partial charge in [0.25, 0.3) is 5.91 Å². The van der Waals surface area contributed by atoms with Crippen molar-refractivity contribution in [3.8, 4) is 0 Å². The topological polar surface area (TPSA) is 20.3 Å². The fourth-order valence-electron chi connectivity index (χ4n) is 1.60. The Labute approximate surface area is 83.8 Å². The van der Waals surface area contributed by atoms with Gasteiger partial charge >= 0.3 is 0 Å². The molecule has 2 nitrogen and oxygen atoms in total. The number of benzene rings is 1. The van der Waals surface area contributed by atoms with Crippen LogP contribution >= 0.6 is 0 Å². The number of allylic oxidation sites excluding steroid dienone is 1. The number of nitrogens with zero attached hydrogens (tertiary/aromatic N) is 1. The second kappa shape index (κ2) is 3.66. The molecular formula is C12H13NO. The van der Waals surface area contributed by atoms with E-state index in [1.807, 2.05) is 48.2 Å². The Morgan fingerprint density at radius 3 is 2.64 bits per heavy atom. The number of β-lactam (4-membered cyclic amide) rings is 1. The molecule has 1 heterocycles. The maximum atomic E-state index is 11.5. The smallest absolute Gasteiger partial charge is 0.251 e. The van der Waals surface area contributed by atoms with Crippen molar-refractivity contribution in [3.63, 3.8) is 0 Å². The molecule has 1 aliphatic rings. The molecule has 72 valence electrons. The van der Waals surface area contributed by atoms with Gasteiger partial charge in [-0.25, -0.2) is 0 Å². The zero-order chi connectivity index (χ0) is 9.97. The van der Waals surface area contributed by atoms with E-state index in [-0.39, 0.29) is 5.91 Å². The number of rotatable bonds is 2. The summed E-state index contributed by atoms with van der Waals surface area (Å²) in [7, 11) is 0. The third-order valence-corrected chi connectivity index (χ3v) is 2.49. The second-order valence-corrected chi connectivity index (χ2v) is 3.46. The third kappa shape index (κ3) is 1.55. The summed E-state index contributed by atoms with van der Waals surface area (Å²) in [6.07, 6.45) is 1.89. The molecule has 0 N–H and O–H groups in total. The molecule has 0 spiro atoms. The monoisotopic (exact) mass is 187 g/mol. The number of likely N-dealkylation sites (tertiary alicyclic amines) is 1. The van der Waals surface area contributed by atoms with Crippen LogP contribution in [0.3, 0.4) is 0 Å². The maximum Gasteiger partial charge on any atom is 0.251 e. The molecule has 2 heteroatoms. The van der Waals surface area contributed by atoms with Gasteiger partial charge in [0.05, 0.1) is 6.54 Å². The van der Waals surface area contributed by atoms with Crippen molar-refractivity contribution in [2.45, 2.75) is 13.5 Å². The Kier molecular flexibility index (Phi) is 2.35. The molecule has 0 unspecified atom stereocenters. The quantitative estimate of drug-likeness (QED) is 0.512. The lowest BCUT2D eigenvalue weighted by atomic mass is 10.1. The van der Waals surface area contributed by atoms with Gasteiger partial charge in [0.1, 0.15) is 0 Å². The predicted octanol–water partition coefficient (Wildman–Crippen LogP) is 1.98. The maximum absolute atomic E-state index is 11.5. The first-order valence-electron chi connectivity index (χ1n) is 4.79. The zero-order valence-corrected chi connectivity index (χ0v) is 8.23. The summed E-state index contributed by atoms with van der Waals surface area (Å²) in [4.78, 5) is 13.3. The number of amides is 1. The van der Waals surface area contributed by atoms with Crippen LogP contribution in [0.25, 0.3) is 0 Å². The molecule has 1 aromatic carbocycles. The van der Waals surface area contributed by atoms with Crippen molar-refractivity contribution >= 4 is 5.91 Å². The van der Waals surface area contributed by atoms with E-state index in [1.165, 1.54) is 5.56 Å². The van der Waals surface area contributed by atoms with Crippen molar-refractivity contribution in [2.24, 2.45) is 0 Å². The van der Waals surface area contributed by atoms with Gasteiger partial charge in [0.2, 0.25) is 0 Å². The van der Waals surface area contributed by atoms with Crippen LogP contribution in [0.5, 0.6) is 0 Å². The lowest BCUT2D eigenvalue weighted by molar-refractivity contribution is -0.133. The van der Waals surface area contributed by atoms with Crippen LogP contribution in [0.2, 0.25) is 0 Å². The molecule has 1 aliphatic heterocycles. The molecule has 0 saturated carbocycles. The molecule has 0 aliphatic carbocycles. The van der Waals surface area contributed by atoms with Crippen molar-refractivity contribution in [2.75, 3.05) is 6.54 Å². The first-order chi connectivity index (χ1) is 6.81. The fourth-order valence-corrected chi connectivity index (χ4v) is 1.60. The lowest BCUT2D eigenvalue weighted by Crippen LogP contribution is -2.45. The highest BCUT2D eigenvalue weighted by molar-refractivity contribution is 6.00. The third-order valence-electron chi connectivity index (χ3n) is 2.49. The van der Waals surface area contributed by atoms with Gasteiger partial charge in [0, 0.05) is 12.1 Å². The van der Waals surface area contributed by atoms with E-state index >= 15 is 0 Å². The normalized spacial score (nSPS) is 18.5. The zero-order valence-electron chi connectivity index (χ0n) is 8.23. The highest BCUT2D eigenvalue weighted by atomic mass is 16.2. The first kappa shape index (κ1) is 9.00. The molecule has 0 atom stereocenters. The average molecular weight is 187 g/mol. The van der Waals surface area contributed by atoms with Gasteiger partial charge in [0.15, 0.2) is 0 Å². The van der Waals surface area contributed by atoms with Crippen LogP contribution in [-0.4, -0.2) is 17.4 Å². The van der Waals surface area contributed by atoms with Gasteiger partial charge in [-0.15, -0.1) is 0 Å². The predicted molar refractivity (Wildman–Crippen MR) is 55.6 cm³/mol. The molecule has 1 aromatic rings. The van der Waals surface area contributed by atoms with E-state index in [1.54, 1.807) is 0 Å². The minimum absolute atomic E-state index is 0.177. The Hall–Kier alpha value is -1.57. The standard InChI is InChI=1S/C12H13NO/c1-2-11-9-13(12(11)14)8-10-6-4-3-5-7-10/h2-7H,8-9H2,1H3. The van der Waals surface area contributed by atoms with Crippen LogP contribution in [0.4, 0.5) is 0 Å². The second-order valence-electron chi connectivity index (χ2n) is 3.46. The molecule has 1 fully saturated rings. The number of carbonyl (C=O) groups excluding carboxylic acids is 1. The van der Waals surface area contributed by atoms with Gasteiger partial charge < -0.3 is 4.90 Å². The summed E-state index contributed by atoms with van der Waals surface area (Å²) < 4.78 is 0. The molecule has 2 rings (SSSR count). The summed E-state index contributed by atoms with van der Waals surface area (Å²) in [6.45, 7) is 3.44. The van der Waals surface area contributed by atoms with Crippen LogP contribution in [0.15, 0.2) is 42.0 Å². The van der Waals surface area contributed by atoms with Gasteiger partial charge in [-0.05, 0) is 12.5 Å². The fraction of sp³-hybridized carbons (Fsp3) is 0.250. The highest BCUT2D eigenvalue weighted by Crippen LogP contribution is 2.18. The van der Waals surface area contributed by atoms with E-state index in [4.69, 9.17) is 0 Å². The van der Waals surface area contributed by atoms with Crippen molar-refractivity contribution in [3.05, 3.63) is 47.5 Å². The Balaban J connectivity index is 1.99. The van der Waals surface area contributed by atoms with E-state index in [2.05, 4.69) is 0 Å². The van der Waals surface area contributed by atoms with E-state index in [9.17, 15) is 4.79 Å². The highest BCUT2D eigenvalue weighted by Gasteiger charge is 2.28. The lowest BCUT2D eigenvalue weighted by Gasteiger charge is -2.33. The van der Waals surface area contributed by atoms with Gasteiger partial charge in [-0.1, -0.05) is 36.4 Å². The Morgan fingerprint density at radius 2 is 2.07 bits per heavy atom. The summed E-state index contributed by atoms with van der Waals surface area (Å²) in [5.41, 5.74) is 2.12. The van der Waals surface area contributed by atoms with E-state index < -0.39 is 0 Å². The minimum atomic E-state index is 0.177. The molecule has 14 heavy (non-hydrogen) atoms. The van der Waals surface area contributed by atoms with Gasteiger partial charge in [-0.3, -0.25) is 4.79 Å². The van der Waals surface area contributed by atoms with Crippen LogP contribution in [0, 0.1) is 0 Å².